The maximum Gasteiger partial charge on any atom is 0.274 e. The number of carbonyl (C=O) groups excluding carboxylic acids is 1. The molecule has 1 aromatic heterocycles. The number of amides is 1. The molecular formula is C21H24BN5O. The molecule has 0 saturated carbocycles. The van der Waals surface area contributed by atoms with E-state index in [0.29, 0.717) is 17.3 Å². The van der Waals surface area contributed by atoms with Crippen molar-refractivity contribution in [3.8, 4) is 11.4 Å². The molecule has 3 aromatic rings. The molecule has 7 heteroatoms. The second-order valence-electron chi connectivity index (χ2n) is 6.83. The molecule has 0 bridgehead atoms. The standard InChI is InChI=1S/C21H24BN5O/c1-27(2)13-12-23-19-14-18(21(28)25-17-11-7-6-10-16(17)22)24-20(26-19)15-8-4-3-5-9-15/h3-11,14H,12-13,22H2,1-2H3,(H,25,28)(H,23,24,26). The molecule has 2 aromatic carbocycles. The van der Waals surface area contributed by atoms with Crippen LogP contribution in [0.15, 0.2) is 60.7 Å². The Morgan fingerprint density at radius 1 is 1.04 bits per heavy atom. The highest BCUT2D eigenvalue weighted by molar-refractivity contribution is 6.36. The Kier molecular flexibility index (Phi) is 6.39. The van der Waals surface area contributed by atoms with Gasteiger partial charge >= 0.3 is 0 Å². The van der Waals surface area contributed by atoms with Crippen LogP contribution in [0.5, 0.6) is 0 Å². The fourth-order valence-corrected chi connectivity index (χ4v) is 2.68. The van der Waals surface area contributed by atoms with Gasteiger partial charge in [-0.15, -0.1) is 0 Å². The molecule has 3 rings (SSSR count). The van der Waals surface area contributed by atoms with Crippen LogP contribution in [0.1, 0.15) is 10.5 Å². The van der Waals surface area contributed by atoms with Crippen LogP contribution in [-0.2, 0) is 0 Å². The Bertz CT molecular complexity index is 947. The van der Waals surface area contributed by atoms with Gasteiger partial charge in [-0.1, -0.05) is 54.0 Å². The number of benzene rings is 2. The molecule has 2 N–H and O–H groups in total. The Labute approximate surface area is 166 Å². The Hall–Kier alpha value is -3.19. The largest absolute Gasteiger partial charge is 0.369 e. The molecule has 1 amide bonds. The summed E-state index contributed by atoms with van der Waals surface area (Å²) in [5, 5.41) is 6.23. The fraction of sp³-hybridized carbons (Fsp3) is 0.190. The first-order valence-corrected chi connectivity index (χ1v) is 9.23. The van der Waals surface area contributed by atoms with Crippen LogP contribution >= 0.6 is 0 Å². The van der Waals surface area contributed by atoms with Crippen molar-refractivity contribution in [2.24, 2.45) is 0 Å². The van der Waals surface area contributed by atoms with Crippen molar-refractivity contribution in [1.82, 2.24) is 14.9 Å². The lowest BCUT2D eigenvalue weighted by atomic mass is 9.94. The maximum atomic E-state index is 12.8. The van der Waals surface area contributed by atoms with Gasteiger partial charge in [0.05, 0.1) is 0 Å². The summed E-state index contributed by atoms with van der Waals surface area (Å²) in [6.45, 7) is 1.58. The van der Waals surface area contributed by atoms with Crippen molar-refractivity contribution in [2.45, 2.75) is 0 Å². The molecule has 0 atom stereocenters. The van der Waals surface area contributed by atoms with Crippen molar-refractivity contribution in [1.29, 1.82) is 0 Å². The van der Waals surface area contributed by atoms with E-state index in [-0.39, 0.29) is 5.91 Å². The van der Waals surface area contributed by atoms with Gasteiger partial charge in [0.15, 0.2) is 5.82 Å². The highest BCUT2D eigenvalue weighted by Crippen LogP contribution is 2.18. The van der Waals surface area contributed by atoms with Gasteiger partial charge in [-0.3, -0.25) is 4.79 Å². The van der Waals surface area contributed by atoms with Crippen molar-refractivity contribution in [3.63, 3.8) is 0 Å². The Morgan fingerprint density at radius 3 is 2.46 bits per heavy atom. The normalized spacial score (nSPS) is 10.7. The summed E-state index contributed by atoms with van der Waals surface area (Å²) in [5.74, 6) is 0.889. The van der Waals surface area contributed by atoms with E-state index in [1.807, 2.05) is 76.5 Å². The number of hydrogen-bond acceptors (Lipinski definition) is 5. The third-order valence-corrected chi connectivity index (χ3v) is 4.25. The summed E-state index contributed by atoms with van der Waals surface area (Å²) in [7, 11) is 5.98. The van der Waals surface area contributed by atoms with Gasteiger partial charge in [-0.25, -0.2) is 9.97 Å². The van der Waals surface area contributed by atoms with E-state index < -0.39 is 0 Å². The average molecular weight is 373 g/mol. The van der Waals surface area contributed by atoms with Crippen LogP contribution in [0, 0.1) is 0 Å². The zero-order chi connectivity index (χ0) is 19.9. The van der Waals surface area contributed by atoms with Crippen molar-refractivity contribution < 1.29 is 4.79 Å². The fourth-order valence-electron chi connectivity index (χ4n) is 2.68. The van der Waals surface area contributed by atoms with E-state index in [9.17, 15) is 4.79 Å². The number of anilines is 2. The number of aromatic nitrogens is 2. The summed E-state index contributed by atoms with van der Waals surface area (Å²) >= 11 is 0. The minimum atomic E-state index is -0.260. The van der Waals surface area contributed by atoms with Gasteiger partial charge in [0, 0.05) is 30.4 Å². The van der Waals surface area contributed by atoms with Crippen LogP contribution in [0.4, 0.5) is 11.5 Å². The second-order valence-corrected chi connectivity index (χ2v) is 6.83. The molecule has 1 heterocycles. The van der Waals surface area contributed by atoms with Crippen molar-refractivity contribution >= 4 is 30.7 Å². The monoisotopic (exact) mass is 373 g/mol. The van der Waals surface area contributed by atoms with Crippen LogP contribution in [0.2, 0.25) is 0 Å². The van der Waals surface area contributed by atoms with Gasteiger partial charge in [-0.05, 0) is 20.2 Å². The van der Waals surface area contributed by atoms with E-state index in [1.54, 1.807) is 6.07 Å². The minimum Gasteiger partial charge on any atom is -0.369 e. The molecule has 0 spiro atoms. The smallest absolute Gasteiger partial charge is 0.274 e. The van der Waals surface area contributed by atoms with Gasteiger partial charge < -0.3 is 15.5 Å². The quantitative estimate of drug-likeness (QED) is 0.616. The summed E-state index contributed by atoms with van der Waals surface area (Å²) in [6, 6.07) is 19.0. The summed E-state index contributed by atoms with van der Waals surface area (Å²) in [4.78, 5) is 24.0. The predicted molar refractivity (Wildman–Crippen MR) is 117 cm³/mol. The van der Waals surface area contributed by atoms with Gasteiger partial charge in [0.1, 0.15) is 19.4 Å². The molecule has 0 unspecified atom stereocenters. The predicted octanol–water partition coefficient (Wildman–Crippen LogP) is 1.63. The van der Waals surface area contributed by atoms with Gasteiger partial charge in [0.25, 0.3) is 5.91 Å². The highest BCUT2D eigenvalue weighted by Gasteiger charge is 2.14. The zero-order valence-electron chi connectivity index (χ0n) is 16.4. The van der Waals surface area contributed by atoms with E-state index in [0.717, 1.165) is 29.8 Å². The molecule has 6 nitrogen and oxygen atoms in total. The SMILES string of the molecule is Bc1ccccc1NC(=O)c1cc(NCCN(C)C)nc(-c2ccccc2)n1. The lowest BCUT2D eigenvalue weighted by Crippen LogP contribution is -2.22. The molecule has 0 aliphatic heterocycles. The first kappa shape index (κ1) is 19.6. The van der Waals surface area contributed by atoms with E-state index in [1.165, 1.54) is 0 Å². The first-order valence-electron chi connectivity index (χ1n) is 9.23. The van der Waals surface area contributed by atoms with E-state index in [2.05, 4.69) is 25.5 Å². The summed E-state index contributed by atoms with van der Waals surface area (Å²) in [5.41, 5.74) is 2.96. The molecule has 0 fully saturated rings. The number of hydrogen-bond donors (Lipinski definition) is 2. The number of nitrogens with one attached hydrogen (secondary N) is 2. The number of rotatable bonds is 7. The number of likely N-dealkylation sites (N-methyl/N-ethyl adjacent to an activating group) is 1. The van der Waals surface area contributed by atoms with Crippen LogP contribution < -0.4 is 16.1 Å². The number of para-hydroxylation sites is 1. The molecule has 142 valence electrons. The van der Waals surface area contributed by atoms with E-state index >= 15 is 0 Å². The molecule has 0 aliphatic carbocycles. The van der Waals surface area contributed by atoms with Crippen LogP contribution in [0.3, 0.4) is 0 Å². The maximum absolute atomic E-state index is 12.8. The first-order chi connectivity index (χ1) is 13.5. The lowest BCUT2D eigenvalue weighted by molar-refractivity contribution is 0.102. The van der Waals surface area contributed by atoms with Crippen LogP contribution in [-0.4, -0.2) is 55.8 Å². The second kappa shape index (κ2) is 9.15. The topological polar surface area (TPSA) is 70.2 Å². The number of nitrogens with zero attached hydrogens (tertiary/aromatic N) is 3. The lowest BCUT2D eigenvalue weighted by Gasteiger charge is -2.13. The van der Waals surface area contributed by atoms with E-state index in [4.69, 9.17) is 0 Å². The van der Waals surface area contributed by atoms with Gasteiger partial charge in [-0.2, -0.15) is 0 Å². The zero-order valence-corrected chi connectivity index (χ0v) is 16.4. The molecule has 0 aliphatic rings. The third kappa shape index (κ3) is 5.17. The minimum absolute atomic E-state index is 0.260. The van der Waals surface area contributed by atoms with Crippen LogP contribution in [0.25, 0.3) is 11.4 Å². The van der Waals surface area contributed by atoms with Crippen molar-refractivity contribution in [2.75, 3.05) is 37.8 Å². The molecule has 28 heavy (non-hydrogen) atoms. The molecule has 0 saturated heterocycles. The third-order valence-electron chi connectivity index (χ3n) is 4.25. The number of carbonyl (C=O) groups is 1. The Balaban J connectivity index is 1.90. The van der Waals surface area contributed by atoms with Crippen molar-refractivity contribution in [3.05, 3.63) is 66.4 Å². The Morgan fingerprint density at radius 2 is 1.75 bits per heavy atom. The molecule has 0 radical (unpaired) electrons. The average Bonchev–Trinajstić information content (AvgIpc) is 2.70. The summed E-state index contributed by atoms with van der Waals surface area (Å²) < 4.78 is 0. The highest BCUT2D eigenvalue weighted by atomic mass is 16.1. The van der Waals surface area contributed by atoms with Gasteiger partial charge in [0.2, 0.25) is 0 Å². The summed E-state index contributed by atoms with van der Waals surface area (Å²) in [6.07, 6.45) is 0. The molecular weight excluding hydrogens is 349 g/mol.